The molecule has 0 unspecified atom stereocenters. The number of aromatic nitrogens is 3. The van der Waals surface area contributed by atoms with Crippen LogP contribution in [0.4, 0.5) is 20.4 Å². The topological polar surface area (TPSA) is 110 Å². The number of nitrogens with zero attached hydrogens (tertiary/aromatic N) is 4. The fraction of sp³-hybridized carbons (Fsp3) is 0.333. The van der Waals surface area contributed by atoms with Gasteiger partial charge in [-0.05, 0) is 37.8 Å². The van der Waals surface area contributed by atoms with Gasteiger partial charge in [-0.25, -0.2) is 18.9 Å². The van der Waals surface area contributed by atoms with Crippen molar-refractivity contribution in [3.63, 3.8) is 0 Å². The SMILES string of the molecule is Nn1c(NN=C2CCCC2)nnc1SCC(=O)Nc1c(F)cccc1F. The Balaban J connectivity index is 1.56. The largest absolute Gasteiger partial charge is 0.334 e. The normalized spacial score (nSPS) is 13.7. The Morgan fingerprint density at radius 2 is 1.96 bits per heavy atom. The number of thioether (sulfide) groups is 1. The summed E-state index contributed by atoms with van der Waals surface area (Å²) in [4.78, 5) is 11.9. The van der Waals surface area contributed by atoms with Crippen LogP contribution in [0.5, 0.6) is 0 Å². The van der Waals surface area contributed by atoms with Crippen LogP contribution in [-0.2, 0) is 4.79 Å². The molecule has 0 atom stereocenters. The zero-order chi connectivity index (χ0) is 18.5. The van der Waals surface area contributed by atoms with Crippen LogP contribution in [0.15, 0.2) is 28.5 Å². The number of hydrogen-bond acceptors (Lipinski definition) is 7. The number of halogens is 2. The minimum absolute atomic E-state index is 0.141. The summed E-state index contributed by atoms with van der Waals surface area (Å²) in [6.45, 7) is 0. The molecular formula is C15H17F2N7OS. The van der Waals surface area contributed by atoms with E-state index < -0.39 is 23.2 Å². The molecule has 1 aromatic heterocycles. The monoisotopic (exact) mass is 381 g/mol. The minimum Gasteiger partial charge on any atom is -0.334 e. The maximum Gasteiger partial charge on any atom is 0.264 e. The van der Waals surface area contributed by atoms with Gasteiger partial charge in [0.05, 0.1) is 5.75 Å². The summed E-state index contributed by atoms with van der Waals surface area (Å²) in [6.07, 6.45) is 4.13. The molecule has 26 heavy (non-hydrogen) atoms. The van der Waals surface area contributed by atoms with Crippen molar-refractivity contribution in [3.05, 3.63) is 29.8 Å². The lowest BCUT2D eigenvalue weighted by Gasteiger charge is -2.07. The van der Waals surface area contributed by atoms with Gasteiger partial charge in [-0.1, -0.05) is 17.8 Å². The standard InChI is InChI=1S/C15H17F2N7OS/c16-10-6-3-7-11(17)13(10)19-12(25)8-26-15-23-22-14(24(15)18)21-20-9-4-1-2-5-9/h3,6-7H,1-2,4-5,8,18H2,(H,19,25)(H,21,22). The maximum atomic E-state index is 13.5. The number of carbonyl (C=O) groups excluding carboxylic acids is 1. The van der Waals surface area contributed by atoms with E-state index in [1.165, 1.54) is 10.7 Å². The van der Waals surface area contributed by atoms with Crippen molar-refractivity contribution in [2.45, 2.75) is 30.8 Å². The number of benzene rings is 1. The summed E-state index contributed by atoms with van der Waals surface area (Å²) in [5, 5.41) is 14.4. The third-order valence-corrected chi connectivity index (χ3v) is 4.66. The fourth-order valence-corrected chi connectivity index (χ4v) is 3.06. The number of nitrogens with one attached hydrogen (secondary N) is 2. The van der Waals surface area contributed by atoms with Gasteiger partial charge in [0.1, 0.15) is 17.3 Å². The molecule has 4 N–H and O–H groups in total. The number of para-hydroxylation sites is 1. The Morgan fingerprint density at radius 3 is 2.65 bits per heavy atom. The number of hydrazone groups is 1. The van der Waals surface area contributed by atoms with E-state index in [1.54, 1.807) is 0 Å². The van der Waals surface area contributed by atoms with E-state index in [-0.39, 0.29) is 16.9 Å². The third kappa shape index (κ3) is 4.28. The summed E-state index contributed by atoms with van der Waals surface area (Å²) in [5.74, 6) is 3.68. The van der Waals surface area contributed by atoms with Crippen molar-refractivity contribution < 1.29 is 13.6 Å². The van der Waals surface area contributed by atoms with Crippen LogP contribution in [0.25, 0.3) is 0 Å². The summed E-state index contributed by atoms with van der Waals surface area (Å²) in [6, 6.07) is 3.34. The molecule has 1 aliphatic rings. The van der Waals surface area contributed by atoms with Crippen molar-refractivity contribution in [2.24, 2.45) is 5.10 Å². The quantitative estimate of drug-likeness (QED) is 0.402. The van der Waals surface area contributed by atoms with Crippen LogP contribution in [0.2, 0.25) is 0 Å². The smallest absolute Gasteiger partial charge is 0.264 e. The molecule has 1 fully saturated rings. The van der Waals surface area contributed by atoms with E-state index in [0.717, 1.165) is 55.3 Å². The highest BCUT2D eigenvalue weighted by Crippen LogP contribution is 2.21. The van der Waals surface area contributed by atoms with Crippen LogP contribution in [0, 0.1) is 11.6 Å². The molecule has 0 aliphatic heterocycles. The van der Waals surface area contributed by atoms with Crippen LogP contribution < -0.4 is 16.6 Å². The van der Waals surface area contributed by atoms with Crippen molar-refractivity contribution in [2.75, 3.05) is 22.3 Å². The van der Waals surface area contributed by atoms with Gasteiger partial charge in [-0.2, -0.15) is 5.10 Å². The molecule has 138 valence electrons. The molecule has 1 aliphatic carbocycles. The molecule has 0 bridgehead atoms. The fourth-order valence-electron chi connectivity index (χ4n) is 2.40. The second-order valence-corrected chi connectivity index (χ2v) is 6.55. The first-order valence-corrected chi connectivity index (χ1v) is 8.92. The van der Waals surface area contributed by atoms with Crippen molar-refractivity contribution in [3.8, 4) is 0 Å². The molecule has 0 radical (unpaired) electrons. The van der Waals surface area contributed by atoms with Gasteiger partial charge < -0.3 is 11.2 Å². The number of anilines is 2. The number of rotatable bonds is 6. The summed E-state index contributed by atoms with van der Waals surface area (Å²) in [5.41, 5.74) is 3.32. The number of nitrogen functional groups attached to an aromatic ring is 1. The van der Waals surface area contributed by atoms with Gasteiger partial charge in [0.2, 0.25) is 11.1 Å². The number of nitrogens with two attached hydrogens (primary N) is 1. The Labute approximate surface area is 152 Å². The van der Waals surface area contributed by atoms with E-state index in [4.69, 9.17) is 5.84 Å². The molecule has 1 saturated carbocycles. The zero-order valence-electron chi connectivity index (χ0n) is 13.7. The van der Waals surface area contributed by atoms with E-state index in [9.17, 15) is 13.6 Å². The van der Waals surface area contributed by atoms with Gasteiger partial charge in [-0.15, -0.1) is 10.2 Å². The lowest BCUT2D eigenvalue weighted by atomic mass is 10.3. The van der Waals surface area contributed by atoms with E-state index in [1.807, 2.05) is 0 Å². The molecular weight excluding hydrogens is 364 g/mol. The molecule has 1 heterocycles. The molecule has 0 spiro atoms. The average Bonchev–Trinajstić information content (AvgIpc) is 3.25. The van der Waals surface area contributed by atoms with E-state index >= 15 is 0 Å². The first-order valence-electron chi connectivity index (χ1n) is 7.93. The van der Waals surface area contributed by atoms with Crippen molar-refractivity contribution in [1.82, 2.24) is 14.9 Å². The minimum atomic E-state index is -0.845. The second-order valence-electron chi connectivity index (χ2n) is 5.61. The maximum absolute atomic E-state index is 13.5. The van der Waals surface area contributed by atoms with Crippen LogP contribution in [-0.4, -0.2) is 32.2 Å². The van der Waals surface area contributed by atoms with Gasteiger partial charge >= 0.3 is 0 Å². The highest BCUT2D eigenvalue weighted by Gasteiger charge is 2.15. The van der Waals surface area contributed by atoms with Crippen molar-refractivity contribution in [1.29, 1.82) is 0 Å². The van der Waals surface area contributed by atoms with Gasteiger partial charge in [0, 0.05) is 5.71 Å². The number of carbonyl (C=O) groups is 1. The second kappa shape index (κ2) is 8.13. The zero-order valence-corrected chi connectivity index (χ0v) is 14.5. The van der Waals surface area contributed by atoms with Crippen LogP contribution >= 0.6 is 11.8 Å². The predicted molar refractivity (Wildman–Crippen MR) is 95.4 cm³/mol. The first-order chi connectivity index (χ1) is 12.5. The molecule has 8 nitrogen and oxygen atoms in total. The van der Waals surface area contributed by atoms with Crippen LogP contribution in [0.1, 0.15) is 25.7 Å². The Hall–Kier alpha value is -2.69. The Morgan fingerprint density at radius 1 is 1.27 bits per heavy atom. The molecule has 0 saturated heterocycles. The average molecular weight is 381 g/mol. The molecule has 3 rings (SSSR count). The Bertz CT molecular complexity index is 811. The highest BCUT2D eigenvalue weighted by molar-refractivity contribution is 7.99. The lowest BCUT2D eigenvalue weighted by Crippen LogP contribution is -2.18. The highest BCUT2D eigenvalue weighted by atomic mass is 32.2. The van der Waals surface area contributed by atoms with Gasteiger partial charge in [-0.3, -0.25) is 4.79 Å². The predicted octanol–water partition coefficient (Wildman–Crippen LogP) is 2.34. The number of amides is 1. The Kier molecular flexibility index (Phi) is 5.66. The summed E-state index contributed by atoms with van der Waals surface area (Å²) < 4.78 is 28.2. The first kappa shape index (κ1) is 18.1. The molecule has 1 amide bonds. The third-order valence-electron chi connectivity index (χ3n) is 3.72. The lowest BCUT2D eigenvalue weighted by molar-refractivity contribution is -0.113. The molecule has 11 heteroatoms. The van der Waals surface area contributed by atoms with Crippen LogP contribution in [0.3, 0.4) is 0 Å². The van der Waals surface area contributed by atoms with E-state index in [0.29, 0.717) is 0 Å². The summed E-state index contributed by atoms with van der Waals surface area (Å²) in [7, 11) is 0. The van der Waals surface area contributed by atoms with E-state index in [2.05, 4.69) is 26.0 Å². The summed E-state index contributed by atoms with van der Waals surface area (Å²) >= 11 is 0.984. The van der Waals surface area contributed by atoms with Crippen molar-refractivity contribution >= 4 is 35.0 Å². The van der Waals surface area contributed by atoms with Gasteiger partial charge in [0.15, 0.2) is 0 Å². The number of hydrogen-bond donors (Lipinski definition) is 3. The van der Waals surface area contributed by atoms with Gasteiger partial charge in [0.25, 0.3) is 5.95 Å². The molecule has 1 aromatic carbocycles. The molecule has 2 aromatic rings.